The summed E-state index contributed by atoms with van der Waals surface area (Å²) in [4.78, 5) is 15.5. The topological polar surface area (TPSA) is 74.4 Å². The lowest BCUT2D eigenvalue weighted by atomic mass is 10.2. The van der Waals surface area contributed by atoms with Gasteiger partial charge in [-0.05, 0) is 12.5 Å². The van der Waals surface area contributed by atoms with E-state index < -0.39 is 5.97 Å². The minimum absolute atomic E-state index is 0.358. The molecule has 1 aromatic rings. The minimum Gasteiger partial charge on any atom is -0.465 e. The minimum atomic E-state index is -0.441. The van der Waals surface area contributed by atoms with Gasteiger partial charge in [0.05, 0.1) is 18.4 Å². The van der Waals surface area contributed by atoms with Crippen molar-refractivity contribution >= 4 is 23.4 Å². The summed E-state index contributed by atoms with van der Waals surface area (Å²) in [6.07, 6.45) is 2.46. The highest BCUT2D eigenvalue weighted by atomic mass is 32.2. The second-order valence-electron chi connectivity index (χ2n) is 3.26. The molecule has 6 heteroatoms. The number of aromatic nitrogens is 1. The van der Waals surface area contributed by atoms with Gasteiger partial charge in [0.15, 0.2) is 0 Å². The highest BCUT2D eigenvalue weighted by molar-refractivity contribution is 7.99. The number of thioether (sulfide) groups is 1. The molecule has 2 N–H and O–H groups in total. The van der Waals surface area contributed by atoms with E-state index in [4.69, 9.17) is 10.5 Å². The lowest BCUT2D eigenvalue weighted by molar-refractivity contribution is 0.0601. The van der Waals surface area contributed by atoms with E-state index in [1.807, 2.05) is 0 Å². The lowest BCUT2D eigenvalue weighted by Crippen LogP contribution is -2.07. The van der Waals surface area contributed by atoms with E-state index in [2.05, 4.69) is 9.72 Å². The van der Waals surface area contributed by atoms with Gasteiger partial charge in [0, 0.05) is 25.7 Å². The highest BCUT2D eigenvalue weighted by Crippen LogP contribution is 2.26. The maximum Gasteiger partial charge on any atom is 0.340 e. The molecule has 0 aliphatic heterocycles. The van der Waals surface area contributed by atoms with Gasteiger partial charge in [0.2, 0.25) is 0 Å². The fourth-order valence-corrected chi connectivity index (χ4v) is 2.09. The Morgan fingerprint density at radius 3 is 2.94 bits per heavy atom. The van der Waals surface area contributed by atoms with Crippen LogP contribution in [0.15, 0.2) is 17.3 Å². The van der Waals surface area contributed by atoms with Gasteiger partial charge >= 0.3 is 5.97 Å². The second-order valence-corrected chi connectivity index (χ2v) is 4.35. The molecule has 94 valence electrons. The van der Waals surface area contributed by atoms with Crippen LogP contribution in [-0.4, -0.2) is 37.5 Å². The molecule has 0 fully saturated rings. The summed E-state index contributed by atoms with van der Waals surface area (Å²) in [5.41, 5.74) is 6.59. The van der Waals surface area contributed by atoms with Gasteiger partial charge < -0.3 is 15.2 Å². The highest BCUT2D eigenvalue weighted by Gasteiger charge is 2.13. The van der Waals surface area contributed by atoms with E-state index in [9.17, 15) is 4.79 Å². The van der Waals surface area contributed by atoms with Crippen LogP contribution in [-0.2, 0) is 9.47 Å². The predicted octanol–water partition coefficient (Wildman–Crippen LogP) is 1.58. The number of carbonyl (C=O) groups is 1. The number of anilines is 1. The second kappa shape index (κ2) is 7.13. The van der Waals surface area contributed by atoms with Crippen molar-refractivity contribution < 1.29 is 14.3 Å². The Bertz CT molecular complexity index is 385. The Morgan fingerprint density at radius 2 is 2.29 bits per heavy atom. The molecule has 0 bridgehead atoms. The number of ether oxygens (including phenoxy) is 2. The summed E-state index contributed by atoms with van der Waals surface area (Å²) in [6, 6.07) is 1.56. The quantitative estimate of drug-likeness (QED) is 0.473. The summed E-state index contributed by atoms with van der Waals surface area (Å²) < 4.78 is 9.59. The third kappa shape index (κ3) is 3.90. The number of nitrogen functional groups attached to an aromatic ring is 1. The van der Waals surface area contributed by atoms with Gasteiger partial charge in [0.1, 0.15) is 5.03 Å². The van der Waals surface area contributed by atoms with Crippen molar-refractivity contribution in [1.82, 2.24) is 4.98 Å². The van der Waals surface area contributed by atoms with E-state index in [0.717, 1.165) is 12.2 Å². The molecule has 0 saturated heterocycles. The molecule has 1 aromatic heterocycles. The van der Waals surface area contributed by atoms with E-state index >= 15 is 0 Å². The van der Waals surface area contributed by atoms with Crippen LogP contribution in [0.25, 0.3) is 0 Å². The van der Waals surface area contributed by atoms with Crippen LogP contribution >= 0.6 is 11.8 Å². The third-order valence-corrected chi connectivity index (χ3v) is 3.18. The fourth-order valence-electron chi connectivity index (χ4n) is 1.23. The van der Waals surface area contributed by atoms with E-state index in [1.54, 1.807) is 19.4 Å². The number of hydrogen-bond donors (Lipinski definition) is 1. The molecule has 0 amide bonds. The Balaban J connectivity index is 2.70. The summed E-state index contributed by atoms with van der Waals surface area (Å²) in [5.74, 6) is 0.402. The van der Waals surface area contributed by atoms with Crippen molar-refractivity contribution in [2.45, 2.75) is 11.4 Å². The molecular formula is C11H16N2O3S. The number of rotatable bonds is 6. The normalized spacial score (nSPS) is 10.2. The van der Waals surface area contributed by atoms with E-state index in [-0.39, 0.29) is 0 Å². The molecule has 1 rings (SSSR count). The summed E-state index contributed by atoms with van der Waals surface area (Å²) in [5, 5.41) is 0.656. The van der Waals surface area contributed by atoms with Crippen LogP contribution in [0.2, 0.25) is 0 Å². The number of nitrogens with zero attached hydrogens (tertiary/aromatic N) is 1. The maximum absolute atomic E-state index is 11.4. The van der Waals surface area contributed by atoms with Crippen molar-refractivity contribution in [2.24, 2.45) is 0 Å². The number of esters is 1. The van der Waals surface area contributed by atoms with Crippen molar-refractivity contribution in [3.8, 4) is 0 Å². The Hall–Kier alpha value is -1.27. The van der Waals surface area contributed by atoms with Crippen LogP contribution in [0.3, 0.4) is 0 Å². The molecule has 0 aliphatic rings. The zero-order chi connectivity index (χ0) is 12.7. The van der Waals surface area contributed by atoms with Crippen molar-refractivity contribution in [3.63, 3.8) is 0 Å². The molecule has 5 nitrogen and oxygen atoms in total. The number of methoxy groups -OCH3 is 2. The molecule has 0 spiro atoms. The zero-order valence-corrected chi connectivity index (χ0v) is 10.8. The number of pyridine rings is 1. The standard InChI is InChI=1S/C11H16N2O3S/c1-15-6-3-7-17-10-9(12)8(4-5-13-10)11(14)16-2/h4-5H,3,6-7,12H2,1-2H3. The average Bonchev–Trinajstić information content (AvgIpc) is 2.35. The third-order valence-electron chi connectivity index (χ3n) is 2.09. The molecule has 0 saturated carbocycles. The molecule has 0 aromatic carbocycles. The van der Waals surface area contributed by atoms with Gasteiger partial charge in [-0.15, -0.1) is 11.8 Å². The Morgan fingerprint density at radius 1 is 1.53 bits per heavy atom. The van der Waals surface area contributed by atoms with Crippen molar-refractivity contribution in [1.29, 1.82) is 0 Å². The number of nitrogens with two attached hydrogens (primary N) is 1. The van der Waals surface area contributed by atoms with Gasteiger partial charge in [0.25, 0.3) is 0 Å². The molecule has 1 heterocycles. The maximum atomic E-state index is 11.4. The van der Waals surface area contributed by atoms with Gasteiger partial charge in [-0.1, -0.05) is 0 Å². The average molecular weight is 256 g/mol. The largest absolute Gasteiger partial charge is 0.465 e. The van der Waals surface area contributed by atoms with Crippen LogP contribution in [0, 0.1) is 0 Å². The van der Waals surface area contributed by atoms with Crippen LogP contribution in [0.1, 0.15) is 16.8 Å². The summed E-state index contributed by atoms with van der Waals surface area (Å²) >= 11 is 1.51. The smallest absolute Gasteiger partial charge is 0.340 e. The molecule has 17 heavy (non-hydrogen) atoms. The van der Waals surface area contributed by atoms with Gasteiger partial charge in [-0.25, -0.2) is 9.78 Å². The first-order valence-electron chi connectivity index (χ1n) is 5.15. The van der Waals surface area contributed by atoms with Crippen molar-refractivity contribution in [2.75, 3.05) is 32.3 Å². The van der Waals surface area contributed by atoms with Crippen LogP contribution < -0.4 is 5.73 Å². The molecule has 0 atom stereocenters. The SMILES string of the molecule is COCCCSc1nccc(C(=O)OC)c1N. The first-order valence-corrected chi connectivity index (χ1v) is 6.13. The number of carbonyl (C=O) groups excluding carboxylic acids is 1. The summed E-state index contributed by atoms with van der Waals surface area (Å²) in [6.45, 7) is 0.698. The monoisotopic (exact) mass is 256 g/mol. The van der Waals surface area contributed by atoms with E-state index in [1.165, 1.54) is 18.9 Å². The fraction of sp³-hybridized carbons (Fsp3) is 0.455. The predicted molar refractivity (Wildman–Crippen MR) is 67.2 cm³/mol. The van der Waals surface area contributed by atoms with Crippen LogP contribution in [0.4, 0.5) is 5.69 Å². The first kappa shape index (κ1) is 13.8. The van der Waals surface area contributed by atoms with E-state index in [0.29, 0.717) is 22.9 Å². The molecule has 0 aliphatic carbocycles. The molecular weight excluding hydrogens is 240 g/mol. The van der Waals surface area contributed by atoms with Crippen LogP contribution in [0.5, 0.6) is 0 Å². The Labute approximate surface area is 105 Å². The summed E-state index contributed by atoms with van der Waals surface area (Å²) in [7, 11) is 2.99. The molecule has 0 unspecified atom stereocenters. The van der Waals surface area contributed by atoms with Crippen molar-refractivity contribution in [3.05, 3.63) is 17.8 Å². The molecule has 0 radical (unpaired) electrons. The Kier molecular flexibility index (Phi) is 5.79. The van der Waals surface area contributed by atoms with Gasteiger partial charge in [-0.3, -0.25) is 0 Å². The number of hydrogen-bond acceptors (Lipinski definition) is 6. The zero-order valence-electron chi connectivity index (χ0n) is 9.93. The first-order chi connectivity index (χ1) is 8.20. The van der Waals surface area contributed by atoms with Gasteiger partial charge in [-0.2, -0.15) is 0 Å². The lowest BCUT2D eigenvalue weighted by Gasteiger charge is -2.07.